The van der Waals surface area contributed by atoms with Crippen molar-refractivity contribution in [3.63, 3.8) is 0 Å². The van der Waals surface area contributed by atoms with E-state index in [0.717, 1.165) is 11.5 Å². The SMILES string of the molecule is CCn1ncc2ncn(Cc3ncoc3C(C)C)c(=O)c21. The minimum absolute atomic E-state index is 0.114. The summed E-state index contributed by atoms with van der Waals surface area (Å²) in [4.78, 5) is 21.1. The fourth-order valence-electron chi connectivity index (χ4n) is 2.39. The van der Waals surface area contributed by atoms with Gasteiger partial charge < -0.3 is 4.42 Å². The van der Waals surface area contributed by atoms with Crippen molar-refractivity contribution >= 4 is 11.0 Å². The van der Waals surface area contributed by atoms with Crippen molar-refractivity contribution < 1.29 is 4.42 Å². The summed E-state index contributed by atoms with van der Waals surface area (Å²) in [7, 11) is 0. The Morgan fingerprint density at radius 1 is 1.33 bits per heavy atom. The van der Waals surface area contributed by atoms with Crippen molar-refractivity contribution in [2.24, 2.45) is 0 Å². The first-order valence-corrected chi connectivity index (χ1v) is 6.95. The van der Waals surface area contributed by atoms with E-state index < -0.39 is 0 Å². The molecule has 3 heterocycles. The number of fused-ring (bicyclic) bond motifs is 1. The normalized spacial score (nSPS) is 11.6. The van der Waals surface area contributed by atoms with Gasteiger partial charge in [-0.15, -0.1) is 0 Å². The maximum Gasteiger partial charge on any atom is 0.279 e. The van der Waals surface area contributed by atoms with E-state index >= 15 is 0 Å². The van der Waals surface area contributed by atoms with Crippen LogP contribution in [0.1, 0.15) is 38.1 Å². The third-order valence-electron chi connectivity index (χ3n) is 3.44. The molecule has 0 bridgehead atoms. The fraction of sp³-hybridized carbons (Fsp3) is 0.429. The minimum atomic E-state index is -0.114. The van der Waals surface area contributed by atoms with Gasteiger partial charge in [0.1, 0.15) is 17.0 Å². The molecule has 0 radical (unpaired) electrons. The number of hydrogen-bond donors (Lipinski definition) is 0. The van der Waals surface area contributed by atoms with E-state index in [9.17, 15) is 4.79 Å². The zero-order valence-electron chi connectivity index (χ0n) is 12.3. The average molecular weight is 287 g/mol. The third-order valence-corrected chi connectivity index (χ3v) is 3.44. The van der Waals surface area contributed by atoms with E-state index in [1.54, 1.807) is 15.4 Å². The van der Waals surface area contributed by atoms with E-state index in [0.29, 0.717) is 24.1 Å². The second-order valence-corrected chi connectivity index (χ2v) is 5.19. The molecule has 0 atom stereocenters. The number of hydrogen-bond acceptors (Lipinski definition) is 5. The van der Waals surface area contributed by atoms with Crippen molar-refractivity contribution in [1.82, 2.24) is 24.3 Å². The number of oxazole rings is 1. The lowest BCUT2D eigenvalue weighted by molar-refractivity contribution is 0.477. The van der Waals surface area contributed by atoms with Crippen LogP contribution in [0.5, 0.6) is 0 Å². The Morgan fingerprint density at radius 2 is 2.14 bits per heavy atom. The zero-order chi connectivity index (χ0) is 15.0. The van der Waals surface area contributed by atoms with Crippen LogP contribution in [-0.2, 0) is 13.1 Å². The average Bonchev–Trinajstić information content (AvgIpc) is 3.08. The van der Waals surface area contributed by atoms with Crippen LogP contribution in [0, 0.1) is 0 Å². The molecule has 0 aliphatic carbocycles. The largest absolute Gasteiger partial charge is 0.448 e. The summed E-state index contributed by atoms with van der Waals surface area (Å²) in [5.41, 5.74) is 1.78. The molecule has 3 rings (SSSR count). The molecule has 3 aromatic heterocycles. The van der Waals surface area contributed by atoms with Crippen molar-refractivity contribution in [1.29, 1.82) is 0 Å². The van der Waals surface area contributed by atoms with Crippen LogP contribution < -0.4 is 5.56 Å². The number of rotatable bonds is 4. The van der Waals surface area contributed by atoms with E-state index in [-0.39, 0.29) is 11.5 Å². The van der Waals surface area contributed by atoms with Gasteiger partial charge in [0.25, 0.3) is 5.56 Å². The summed E-state index contributed by atoms with van der Waals surface area (Å²) >= 11 is 0. The molecule has 21 heavy (non-hydrogen) atoms. The van der Waals surface area contributed by atoms with Crippen LogP contribution in [0.15, 0.2) is 28.1 Å². The van der Waals surface area contributed by atoms with Crippen LogP contribution in [-0.4, -0.2) is 24.3 Å². The van der Waals surface area contributed by atoms with Gasteiger partial charge in [-0.1, -0.05) is 13.8 Å². The third kappa shape index (κ3) is 2.24. The molecule has 0 N–H and O–H groups in total. The Balaban J connectivity index is 2.07. The molecular formula is C14H17N5O2. The van der Waals surface area contributed by atoms with Gasteiger partial charge in [0.05, 0.1) is 19.1 Å². The van der Waals surface area contributed by atoms with Crippen molar-refractivity contribution in [3.8, 4) is 0 Å². The molecule has 0 saturated heterocycles. The van der Waals surface area contributed by atoms with Crippen molar-refractivity contribution in [2.45, 2.75) is 39.8 Å². The Kier molecular flexibility index (Phi) is 3.32. The van der Waals surface area contributed by atoms with Gasteiger partial charge in [-0.3, -0.25) is 14.0 Å². The molecule has 0 aromatic carbocycles. The molecule has 0 saturated carbocycles. The van der Waals surface area contributed by atoms with E-state index in [1.165, 1.54) is 12.7 Å². The molecule has 0 aliphatic heterocycles. The predicted octanol–water partition coefficient (Wildman–Crippen LogP) is 1.77. The molecule has 0 fully saturated rings. The summed E-state index contributed by atoms with van der Waals surface area (Å²) in [5, 5.41) is 4.17. The molecule has 0 aliphatic rings. The predicted molar refractivity (Wildman–Crippen MR) is 77.2 cm³/mol. The number of aryl methyl sites for hydroxylation is 1. The molecule has 7 nitrogen and oxygen atoms in total. The summed E-state index contributed by atoms with van der Waals surface area (Å²) in [6, 6.07) is 0. The molecular weight excluding hydrogens is 270 g/mol. The highest BCUT2D eigenvalue weighted by Gasteiger charge is 2.15. The molecule has 0 spiro atoms. The minimum Gasteiger partial charge on any atom is -0.448 e. The monoisotopic (exact) mass is 287 g/mol. The Hall–Kier alpha value is -2.44. The van der Waals surface area contributed by atoms with Gasteiger partial charge >= 0.3 is 0 Å². The molecule has 110 valence electrons. The number of aromatic nitrogens is 5. The van der Waals surface area contributed by atoms with E-state index in [4.69, 9.17) is 4.42 Å². The molecule has 0 unspecified atom stereocenters. The number of nitrogens with zero attached hydrogens (tertiary/aromatic N) is 5. The van der Waals surface area contributed by atoms with Crippen LogP contribution in [0.4, 0.5) is 0 Å². The first-order chi connectivity index (χ1) is 10.1. The maximum atomic E-state index is 12.6. The molecule has 0 amide bonds. The second kappa shape index (κ2) is 5.16. The van der Waals surface area contributed by atoms with Gasteiger partial charge in [-0.05, 0) is 6.92 Å². The highest BCUT2D eigenvalue weighted by atomic mass is 16.3. The van der Waals surface area contributed by atoms with Gasteiger partial charge in [-0.2, -0.15) is 5.10 Å². The highest BCUT2D eigenvalue weighted by Crippen LogP contribution is 2.18. The summed E-state index contributed by atoms with van der Waals surface area (Å²) in [6.07, 6.45) is 4.56. The van der Waals surface area contributed by atoms with E-state index in [1.807, 2.05) is 20.8 Å². The summed E-state index contributed by atoms with van der Waals surface area (Å²) in [6.45, 7) is 6.98. The molecule has 3 aromatic rings. The Morgan fingerprint density at radius 3 is 2.86 bits per heavy atom. The smallest absolute Gasteiger partial charge is 0.279 e. The fourth-order valence-corrected chi connectivity index (χ4v) is 2.39. The van der Waals surface area contributed by atoms with Crippen LogP contribution in [0.3, 0.4) is 0 Å². The highest BCUT2D eigenvalue weighted by molar-refractivity contribution is 5.72. The van der Waals surface area contributed by atoms with Crippen LogP contribution in [0.2, 0.25) is 0 Å². The van der Waals surface area contributed by atoms with Crippen LogP contribution >= 0.6 is 0 Å². The van der Waals surface area contributed by atoms with Gasteiger partial charge in [0, 0.05) is 12.5 Å². The lowest BCUT2D eigenvalue weighted by atomic mass is 10.1. The van der Waals surface area contributed by atoms with Crippen LogP contribution in [0.25, 0.3) is 11.0 Å². The maximum absolute atomic E-state index is 12.6. The summed E-state index contributed by atoms with van der Waals surface area (Å²) in [5.74, 6) is 1.02. The van der Waals surface area contributed by atoms with Gasteiger partial charge in [0.15, 0.2) is 11.9 Å². The lowest BCUT2D eigenvalue weighted by Gasteiger charge is -2.07. The second-order valence-electron chi connectivity index (χ2n) is 5.19. The zero-order valence-corrected chi connectivity index (χ0v) is 12.3. The first-order valence-electron chi connectivity index (χ1n) is 6.95. The first kappa shape index (κ1) is 13.5. The van der Waals surface area contributed by atoms with Crippen molar-refractivity contribution in [3.05, 3.63) is 40.7 Å². The van der Waals surface area contributed by atoms with Gasteiger partial charge in [-0.25, -0.2) is 9.97 Å². The standard InChI is InChI=1S/C14H17N5O2/c1-4-19-12-10(5-17-19)15-7-18(14(12)20)6-11-13(9(2)3)21-8-16-11/h5,7-9H,4,6H2,1-3H3. The Labute approximate surface area is 121 Å². The van der Waals surface area contributed by atoms with Gasteiger partial charge in [0.2, 0.25) is 0 Å². The topological polar surface area (TPSA) is 78.7 Å². The lowest BCUT2D eigenvalue weighted by Crippen LogP contribution is -2.23. The Bertz CT molecular complexity index is 827. The molecule has 7 heteroatoms. The van der Waals surface area contributed by atoms with Crippen molar-refractivity contribution in [2.75, 3.05) is 0 Å². The van der Waals surface area contributed by atoms with E-state index in [2.05, 4.69) is 15.1 Å². The summed E-state index contributed by atoms with van der Waals surface area (Å²) < 4.78 is 8.59. The quantitative estimate of drug-likeness (QED) is 0.730.